The Morgan fingerprint density at radius 3 is 2.67 bits per heavy atom. The second kappa shape index (κ2) is 7.27. The van der Waals surface area contributed by atoms with Crippen LogP contribution in [0.5, 0.6) is 5.75 Å². The van der Waals surface area contributed by atoms with E-state index < -0.39 is 6.10 Å². The van der Waals surface area contributed by atoms with E-state index in [1.165, 1.54) is 0 Å². The van der Waals surface area contributed by atoms with Gasteiger partial charge in [-0.05, 0) is 38.1 Å². The van der Waals surface area contributed by atoms with Gasteiger partial charge in [-0.1, -0.05) is 30.3 Å². The molecular weight excluding hydrogens is 320 g/mol. The zero-order chi connectivity index (χ0) is 16.9. The Kier molecular flexibility index (Phi) is 4.91. The van der Waals surface area contributed by atoms with Gasteiger partial charge in [0, 0.05) is 16.6 Å². The minimum Gasteiger partial charge on any atom is -0.481 e. The van der Waals surface area contributed by atoms with E-state index >= 15 is 0 Å². The first kappa shape index (κ1) is 16.2. The van der Waals surface area contributed by atoms with Crippen LogP contribution < -0.4 is 10.1 Å². The van der Waals surface area contributed by atoms with E-state index in [-0.39, 0.29) is 5.91 Å². The van der Waals surface area contributed by atoms with Gasteiger partial charge in [0.2, 0.25) is 0 Å². The molecule has 5 heteroatoms. The SMILES string of the molecule is Cc1nc(-c2cccc(NC(=O)[C@H](C)Oc3ccccc3)c2)cs1. The lowest BCUT2D eigenvalue weighted by molar-refractivity contribution is -0.122. The quantitative estimate of drug-likeness (QED) is 0.744. The number of aromatic nitrogens is 1. The van der Waals surface area contributed by atoms with E-state index in [0.717, 1.165) is 22.0 Å². The number of anilines is 1. The molecule has 1 N–H and O–H groups in total. The molecule has 0 bridgehead atoms. The van der Waals surface area contributed by atoms with Gasteiger partial charge in [0.1, 0.15) is 5.75 Å². The summed E-state index contributed by atoms with van der Waals surface area (Å²) in [7, 11) is 0. The van der Waals surface area contributed by atoms with Crippen molar-refractivity contribution in [2.75, 3.05) is 5.32 Å². The average Bonchev–Trinajstić information content (AvgIpc) is 3.02. The number of carbonyl (C=O) groups excluding carboxylic acids is 1. The molecule has 0 aliphatic rings. The number of ether oxygens (including phenoxy) is 1. The lowest BCUT2D eigenvalue weighted by Crippen LogP contribution is -2.30. The topological polar surface area (TPSA) is 51.2 Å². The number of nitrogens with one attached hydrogen (secondary N) is 1. The van der Waals surface area contributed by atoms with Crippen LogP contribution in [0.2, 0.25) is 0 Å². The highest BCUT2D eigenvalue weighted by Gasteiger charge is 2.15. The van der Waals surface area contributed by atoms with Crippen molar-refractivity contribution >= 4 is 22.9 Å². The molecule has 122 valence electrons. The second-order valence-corrected chi connectivity index (χ2v) is 6.46. The van der Waals surface area contributed by atoms with Crippen LogP contribution in [0.25, 0.3) is 11.3 Å². The highest BCUT2D eigenvalue weighted by Crippen LogP contribution is 2.24. The van der Waals surface area contributed by atoms with E-state index in [9.17, 15) is 4.79 Å². The third-order valence-corrected chi connectivity index (χ3v) is 4.24. The van der Waals surface area contributed by atoms with E-state index in [2.05, 4.69) is 10.3 Å². The molecule has 0 aliphatic heterocycles. The number of benzene rings is 2. The third-order valence-electron chi connectivity index (χ3n) is 3.47. The number of hydrogen-bond acceptors (Lipinski definition) is 4. The van der Waals surface area contributed by atoms with E-state index in [0.29, 0.717) is 5.75 Å². The summed E-state index contributed by atoms with van der Waals surface area (Å²) in [5.74, 6) is 0.484. The van der Waals surface area contributed by atoms with Crippen molar-refractivity contribution in [3.8, 4) is 17.0 Å². The maximum absolute atomic E-state index is 12.3. The molecule has 1 heterocycles. The standard InChI is InChI=1S/C19H18N2O2S/c1-13(23-17-9-4-3-5-10-17)19(22)21-16-8-6-7-15(11-16)18-12-24-14(2)20-18/h3-13H,1-2H3,(H,21,22)/t13-/m0/s1. The summed E-state index contributed by atoms with van der Waals surface area (Å²) < 4.78 is 5.64. The normalized spacial score (nSPS) is 11.8. The van der Waals surface area contributed by atoms with Crippen LogP contribution in [0.15, 0.2) is 60.0 Å². The van der Waals surface area contributed by atoms with Gasteiger partial charge < -0.3 is 10.1 Å². The lowest BCUT2D eigenvalue weighted by Gasteiger charge is -2.15. The summed E-state index contributed by atoms with van der Waals surface area (Å²) in [4.78, 5) is 16.8. The van der Waals surface area contributed by atoms with Crippen LogP contribution >= 0.6 is 11.3 Å². The molecule has 0 saturated carbocycles. The number of thiazole rings is 1. The molecule has 1 atom stereocenters. The molecule has 1 amide bonds. The number of carbonyl (C=O) groups is 1. The fourth-order valence-corrected chi connectivity index (χ4v) is 2.87. The van der Waals surface area contributed by atoms with E-state index in [1.54, 1.807) is 18.3 Å². The van der Waals surface area contributed by atoms with Crippen LogP contribution in [0.1, 0.15) is 11.9 Å². The highest BCUT2D eigenvalue weighted by atomic mass is 32.1. The van der Waals surface area contributed by atoms with Gasteiger partial charge in [0.05, 0.1) is 10.7 Å². The first-order valence-corrected chi connectivity index (χ1v) is 8.55. The molecule has 4 nitrogen and oxygen atoms in total. The number of amides is 1. The summed E-state index contributed by atoms with van der Waals surface area (Å²) in [6.07, 6.45) is -0.586. The molecule has 24 heavy (non-hydrogen) atoms. The van der Waals surface area contributed by atoms with Gasteiger partial charge in [0.25, 0.3) is 5.91 Å². The fraction of sp³-hybridized carbons (Fsp3) is 0.158. The minimum absolute atomic E-state index is 0.189. The largest absolute Gasteiger partial charge is 0.481 e. The van der Waals surface area contributed by atoms with Crippen LogP contribution in [0, 0.1) is 6.92 Å². The Labute approximate surface area is 145 Å². The lowest BCUT2D eigenvalue weighted by atomic mass is 10.1. The molecule has 0 unspecified atom stereocenters. The summed E-state index contributed by atoms with van der Waals surface area (Å²) in [6.45, 7) is 3.71. The minimum atomic E-state index is -0.586. The predicted molar refractivity (Wildman–Crippen MR) is 97.4 cm³/mol. The van der Waals surface area contributed by atoms with Crippen molar-refractivity contribution < 1.29 is 9.53 Å². The van der Waals surface area contributed by atoms with Gasteiger partial charge in [-0.25, -0.2) is 4.98 Å². The molecule has 0 saturated heterocycles. The van der Waals surface area contributed by atoms with Crippen molar-refractivity contribution in [3.63, 3.8) is 0 Å². The van der Waals surface area contributed by atoms with Gasteiger partial charge in [-0.2, -0.15) is 0 Å². The Bertz CT molecular complexity index is 830. The summed E-state index contributed by atoms with van der Waals surface area (Å²) in [5, 5.41) is 5.92. The van der Waals surface area contributed by atoms with Gasteiger partial charge in [-0.15, -0.1) is 11.3 Å². The number of hydrogen-bond donors (Lipinski definition) is 1. The number of aryl methyl sites for hydroxylation is 1. The molecule has 2 aromatic carbocycles. The van der Waals surface area contributed by atoms with Crippen LogP contribution in [-0.2, 0) is 4.79 Å². The smallest absolute Gasteiger partial charge is 0.265 e. The zero-order valence-electron chi connectivity index (χ0n) is 13.5. The maximum Gasteiger partial charge on any atom is 0.265 e. The molecule has 3 rings (SSSR count). The van der Waals surface area contributed by atoms with Crippen LogP contribution in [-0.4, -0.2) is 17.0 Å². The second-order valence-electron chi connectivity index (χ2n) is 5.39. The molecular formula is C19H18N2O2S. The number of para-hydroxylation sites is 1. The van der Waals surface area contributed by atoms with Gasteiger partial charge in [-0.3, -0.25) is 4.79 Å². The van der Waals surface area contributed by atoms with Crippen LogP contribution in [0.3, 0.4) is 0 Å². The van der Waals surface area contributed by atoms with Crippen molar-refractivity contribution in [1.82, 2.24) is 4.98 Å². The fourth-order valence-electron chi connectivity index (χ4n) is 2.25. The van der Waals surface area contributed by atoms with Crippen molar-refractivity contribution in [1.29, 1.82) is 0 Å². The Morgan fingerprint density at radius 1 is 1.17 bits per heavy atom. The van der Waals surface area contributed by atoms with Crippen molar-refractivity contribution in [3.05, 3.63) is 65.0 Å². The number of nitrogens with zero attached hydrogens (tertiary/aromatic N) is 1. The summed E-state index contributed by atoms with van der Waals surface area (Å²) >= 11 is 1.61. The summed E-state index contributed by atoms with van der Waals surface area (Å²) in [6, 6.07) is 17.0. The molecule has 0 spiro atoms. The zero-order valence-corrected chi connectivity index (χ0v) is 14.3. The monoisotopic (exact) mass is 338 g/mol. The number of rotatable bonds is 5. The van der Waals surface area contributed by atoms with Gasteiger partial charge in [0.15, 0.2) is 6.10 Å². The Hall–Kier alpha value is -2.66. The molecule has 1 aromatic heterocycles. The predicted octanol–water partition coefficient (Wildman–Crippen LogP) is 4.52. The van der Waals surface area contributed by atoms with Crippen molar-refractivity contribution in [2.24, 2.45) is 0 Å². The first-order valence-electron chi connectivity index (χ1n) is 7.67. The summed E-state index contributed by atoms with van der Waals surface area (Å²) in [5.41, 5.74) is 2.63. The highest BCUT2D eigenvalue weighted by molar-refractivity contribution is 7.09. The van der Waals surface area contributed by atoms with Crippen molar-refractivity contribution in [2.45, 2.75) is 20.0 Å². The third kappa shape index (κ3) is 4.00. The molecule has 0 fully saturated rings. The Balaban J connectivity index is 1.68. The Morgan fingerprint density at radius 2 is 1.96 bits per heavy atom. The first-order chi connectivity index (χ1) is 11.6. The molecule has 0 radical (unpaired) electrons. The van der Waals surface area contributed by atoms with E-state index in [1.807, 2.05) is 66.9 Å². The van der Waals surface area contributed by atoms with Crippen LogP contribution in [0.4, 0.5) is 5.69 Å². The maximum atomic E-state index is 12.3. The van der Waals surface area contributed by atoms with E-state index in [4.69, 9.17) is 4.74 Å². The molecule has 3 aromatic rings. The average molecular weight is 338 g/mol. The molecule has 0 aliphatic carbocycles. The van der Waals surface area contributed by atoms with Gasteiger partial charge >= 0.3 is 0 Å².